The van der Waals surface area contributed by atoms with Gasteiger partial charge in [0.15, 0.2) is 11.9 Å². The zero-order valence-corrected chi connectivity index (χ0v) is 14.4. The van der Waals surface area contributed by atoms with Gasteiger partial charge < -0.3 is 9.47 Å². The number of alkyl halides is 6. The van der Waals surface area contributed by atoms with Crippen LogP contribution in [0.4, 0.5) is 26.3 Å². The predicted molar refractivity (Wildman–Crippen MR) is 74.2 cm³/mol. The fourth-order valence-electron chi connectivity index (χ4n) is 2.72. The quantitative estimate of drug-likeness (QED) is 0.700. The molecule has 1 atom stereocenters. The summed E-state index contributed by atoms with van der Waals surface area (Å²) in [5.74, 6) is -14.5. The maximum atomic E-state index is 13.6. The highest BCUT2D eigenvalue weighted by Gasteiger charge is 2.76. The minimum Gasteiger partial charge on any atom is -0.347 e. The highest BCUT2D eigenvalue weighted by molar-refractivity contribution is 7.91. The van der Waals surface area contributed by atoms with Crippen LogP contribution in [0.5, 0.6) is 0 Å². The van der Waals surface area contributed by atoms with Crippen molar-refractivity contribution in [3.8, 4) is 0 Å². The van der Waals surface area contributed by atoms with E-state index in [9.17, 15) is 39.6 Å². The summed E-state index contributed by atoms with van der Waals surface area (Å²) in [7, 11) is -6.48. The third-order valence-electron chi connectivity index (χ3n) is 4.25. The van der Waals surface area contributed by atoms with Gasteiger partial charge in [-0.05, 0) is 12.8 Å². The van der Waals surface area contributed by atoms with Crippen molar-refractivity contribution >= 4 is 15.9 Å². The summed E-state index contributed by atoms with van der Waals surface area (Å²) >= 11 is 0. The Morgan fingerprint density at radius 3 is 2.12 bits per heavy atom. The van der Waals surface area contributed by atoms with Gasteiger partial charge in [-0.2, -0.15) is 34.8 Å². The molecule has 0 aromatic rings. The Morgan fingerprint density at radius 1 is 1.08 bits per heavy atom. The van der Waals surface area contributed by atoms with E-state index in [1.807, 2.05) is 0 Å². The van der Waals surface area contributed by atoms with Crippen LogP contribution in [0.2, 0.25) is 0 Å². The van der Waals surface area contributed by atoms with Gasteiger partial charge in [0.05, 0.1) is 6.61 Å². The second kappa shape index (κ2) is 6.51. The average molecular weight is 413 g/mol. The topological polar surface area (TPSA) is 81.7 Å². The molecule has 1 unspecified atom stereocenters. The van der Waals surface area contributed by atoms with Gasteiger partial charge in [0.1, 0.15) is 0 Å². The second-order valence-electron chi connectivity index (χ2n) is 6.34. The highest BCUT2D eigenvalue weighted by Crippen LogP contribution is 2.48. The zero-order valence-electron chi connectivity index (χ0n) is 13.5. The minimum absolute atomic E-state index is 0.389. The Kier molecular flexibility index (Phi) is 5.32. The number of halogens is 6. The van der Waals surface area contributed by atoms with Gasteiger partial charge >= 0.3 is 27.1 Å². The molecular formula is C13H17F6NO5S. The lowest BCUT2D eigenvalue weighted by Gasteiger charge is -2.32. The molecule has 1 saturated carbocycles. The molecule has 0 aromatic heterocycles. The first-order valence-corrected chi connectivity index (χ1v) is 9.15. The largest absolute Gasteiger partial charge is 0.431 e. The molecule has 0 bridgehead atoms. The lowest BCUT2D eigenvalue weighted by molar-refractivity contribution is -0.271. The van der Waals surface area contributed by atoms with E-state index in [0.29, 0.717) is 30.4 Å². The average Bonchev–Trinajstić information content (AvgIpc) is 2.90. The van der Waals surface area contributed by atoms with Crippen LogP contribution in [0.15, 0.2) is 0 Å². The number of ether oxygens (including phenoxy) is 2. The first-order valence-electron chi connectivity index (χ1n) is 7.67. The molecule has 1 spiro atoms. The summed E-state index contributed by atoms with van der Waals surface area (Å²) in [4.78, 5) is 11.8. The molecular weight excluding hydrogens is 396 g/mol. The number of rotatable bonds is 5. The second-order valence-corrected chi connectivity index (χ2v) is 8.06. The van der Waals surface area contributed by atoms with Crippen molar-refractivity contribution in [2.75, 3.05) is 6.61 Å². The molecule has 1 amide bonds. The van der Waals surface area contributed by atoms with Gasteiger partial charge in [-0.3, -0.25) is 4.79 Å². The predicted octanol–water partition coefficient (Wildman–Crippen LogP) is 2.39. The van der Waals surface area contributed by atoms with Crippen molar-refractivity contribution in [3.05, 3.63) is 0 Å². The normalized spacial score (nSPS) is 24.7. The van der Waals surface area contributed by atoms with E-state index in [1.165, 1.54) is 0 Å². The van der Waals surface area contributed by atoms with Crippen LogP contribution in [0, 0.1) is 0 Å². The van der Waals surface area contributed by atoms with Crippen LogP contribution in [0.3, 0.4) is 0 Å². The van der Waals surface area contributed by atoms with Crippen molar-refractivity contribution in [1.82, 2.24) is 4.72 Å². The first kappa shape index (κ1) is 21.2. The zero-order chi connectivity index (χ0) is 20.0. The Morgan fingerprint density at radius 2 is 1.62 bits per heavy atom. The standard InChI is InChI=1S/C13H17F6NO5S/c1-10(14,15)12(16,17)13(18,19)26(22,23)20-9(21)8-7-24-11(25-8)5-3-2-4-6-11/h8H,2-7H2,1H3,(H,20,21). The van der Waals surface area contributed by atoms with Gasteiger partial charge in [0, 0.05) is 19.8 Å². The lowest BCUT2D eigenvalue weighted by atomic mass is 9.94. The SMILES string of the molecule is CC(F)(F)C(F)(F)C(F)(F)S(=O)(=O)NC(=O)C1COC2(CCCCC2)O1. The van der Waals surface area contributed by atoms with Crippen LogP contribution >= 0.6 is 0 Å². The van der Waals surface area contributed by atoms with E-state index in [-0.39, 0.29) is 0 Å². The number of nitrogens with one attached hydrogen (secondary N) is 1. The van der Waals surface area contributed by atoms with E-state index in [2.05, 4.69) is 0 Å². The molecule has 1 aliphatic carbocycles. The van der Waals surface area contributed by atoms with Crippen LogP contribution < -0.4 is 4.72 Å². The van der Waals surface area contributed by atoms with Gasteiger partial charge in [0.2, 0.25) is 0 Å². The summed E-state index contributed by atoms with van der Waals surface area (Å²) in [6.07, 6.45) is 1.41. The summed E-state index contributed by atoms with van der Waals surface area (Å²) in [5.41, 5.74) is 0. The third-order valence-corrected chi connectivity index (χ3v) is 5.65. The maximum absolute atomic E-state index is 13.6. The Bertz CT molecular complexity index is 656. The highest BCUT2D eigenvalue weighted by atomic mass is 32.2. The number of amides is 1. The van der Waals surface area contributed by atoms with E-state index >= 15 is 0 Å². The smallest absolute Gasteiger partial charge is 0.347 e. The Labute approximate surface area is 145 Å². The number of carbonyl (C=O) groups excluding carboxylic acids is 1. The van der Waals surface area contributed by atoms with E-state index in [1.54, 1.807) is 0 Å². The number of carbonyl (C=O) groups is 1. The minimum atomic E-state index is -6.48. The molecule has 1 aliphatic heterocycles. The monoisotopic (exact) mass is 413 g/mol. The van der Waals surface area contributed by atoms with Crippen LogP contribution in [0.1, 0.15) is 39.0 Å². The molecule has 1 heterocycles. The van der Waals surface area contributed by atoms with Gasteiger partial charge in [-0.25, -0.2) is 4.72 Å². The third kappa shape index (κ3) is 3.52. The fourth-order valence-corrected chi connectivity index (χ4v) is 3.76. The number of hydrogen-bond acceptors (Lipinski definition) is 5. The molecule has 152 valence electrons. The molecule has 2 aliphatic rings. The molecule has 6 nitrogen and oxygen atoms in total. The number of hydrogen-bond donors (Lipinski definition) is 1. The molecule has 13 heteroatoms. The van der Waals surface area contributed by atoms with E-state index in [4.69, 9.17) is 9.47 Å². The van der Waals surface area contributed by atoms with Crippen molar-refractivity contribution in [1.29, 1.82) is 0 Å². The lowest BCUT2D eigenvalue weighted by Crippen LogP contribution is -2.60. The van der Waals surface area contributed by atoms with Crippen LogP contribution in [-0.4, -0.2) is 49.9 Å². The number of sulfonamides is 1. The molecule has 2 fully saturated rings. The Hall–Kier alpha value is -1.08. The molecule has 1 N–H and O–H groups in total. The van der Waals surface area contributed by atoms with E-state index in [0.717, 1.165) is 6.42 Å². The maximum Gasteiger partial charge on any atom is 0.431 e. The van der Waals surface area contributed by atoms with E-state index < -0.39 is 58.5 Å². The van der Waals surface area contributed by atoms with Crippen molar-refractivity contribution in [2.45, 2.75) is 68.0 Å². The summed E-state index contributed by atoms with van der Waals surface area (Å²) < 4.78 is 113. The first-order chi connectivity index (χ1) is 11.7. The van der Waals surface area contributed by atoms with Gasteiger partial charge in [0.25, 0.3) is 5.91 Å². The van der Waals surface area contributed by atoms with Crippen LogP contribution in [0.25, 0.3) is 0 Å². The van der Waals surface area contributed by atoms with Crippen molar-refractivity contribution < 1.29 is 49.0 Å². The fraction of sp³-hybridized carbons (Fsp3) is 0.923. The van der Waals surface area contributed by atoms with Gasteiger partial charge in [-0.15, -0.1) is 0 Å². The van der Waals surface area contributed by atoms with Gasteiger partial charge in [-0.1, -0.05) is 6.42 Å². The summed E-state index contributed by atoms with van der Waals surface area (Å²) in [5, 5.41) is -6.24. The Balaban J connectivity index is 2.13. The van der Waals surface area contributed by atoms with Crippen molar-refractivity contribution in [2.24, 2.45) is 0 Å². The van der Waals surface area contributed by atoms with Crippen molar-refractivity contribution in [3.63, 3.8) is 0 Å². The molecule has 0 aromatic carbocycles. The molecule has 2 rings (SSSR count). The molecule has 26 heavy (non-hydrogen) atoms. The molecule has 0 radical (unpaired) electrons. The summed E-state index contributed by atoms with van der Waals surface area (Å²) in [6.45, 7) is -1.04. The summed E-state index contributed by atoms with van der Waals surface area (Å²) in [6, 6.07) is 0. The van der Waals surface area contributed by atoms with Crippen LogP contribution in [-0.2, 0) is 24.3 Å². The molecule has 1 saturated heterocycles.